The molecule has 8 rings (SSSR count). The molecule has 1 aliphatic heterocycles. The molecule has 0 aliphatic carbocycles. The summed E-state index contributed by atoms with van der Waals surface area (Å²) in [4.78, 5) is 35.2. The molecule has 3 N–H and O–H groups in total. The number of piperazine rings is 1. The molecule has 1 saturated heterocycles. The van der Waals surface area contributed by atoms with Gasteiger partial charge in [0.05, 0.1) is 30.0 Å². The van der Waals surface area contributed by atoms with Crippen LogP contribution in [0.4, 0.5) is 4.39 Å². The summed E-state index contributed by atoms with van der Waals surface area (Å²) in [5, 5.41) is 31.8. The highest BCUT2D eigenvalue weighted by atomic mass is 35.5. The van der Waals surface area contributed by atoms with Crippen LogP contribution in [0.1, 0.15) is 11.3 Å². The van der Waals surface area contributed by atoms with Crippen molar-refractivity contribution in [2.45, 2.75) is 25.2 Å². The lowest BCUT2D eigenvalue weighted by Gasteiger charge is -2.34. The summed E-state index contributed by atoms with van der Waals surface area (Å²) in [6.07, 6.45) is 0.412. The molecule has 0 saturated carbocycles. The molecule has 7 aromatic rings. The van der Waals surface area contributed by atoms with Gasteiger partial charge in [-0.1, -0.05) is 29.8 Å². The van der Waals surface area contributed by atoms with E-state index in [-0.39, 0.29) is 58.9 Å². The number of likely N-dealkylation sites (N-methyl/N-ethyl adjacent to an activating group) is 1. The summed E-state index contributed by atoms with van der Waals surface area (Å²) >= 11 is 6.88. The van der Waals surface area contributed by atoms with E-state index in [1.807, 2.05) is 24.3 Å². The molecule has 3 aromatic heterocycles. The number of hydrogen-bond acceptors (Lipinski definition) is 14. The number of furan rings is 1. The Kier molecular flexibility index (Phi) is 13.5. The number of benzene rings is 4. The fourth-order valence-electron chi connectivity index (χ4n) is 7.43. The zero-order valence-electron chi connectivity index (χ0n) is 34.9. The van der Waals surface area contributed by atoms with Gasteiger partial charge in [0.2, 0.25) is 17.7 Å². The maximum absolute atomic E-state index is 14.2. The predicted octanol–water partition coefficient (Wildman–Crippen LogP) is 7.16. The molecule has 64 heavy (non-hydrogen) atoms. The molecule has 0 spiro atoms. The predicted molar refractivity (Wildman–Crippen MR) is 235 cm³/mol. The molecule has 0 radical (unpaired) electrons. The Labute approximate surface area is 372 Å². The van der Waals surface area contributed by atoms with Crippen LogP contribution in [0.5, 0.6) is 28.9 Å². The van der Waals surface area contributed by atoms with Gasteiger partial charge in [-0.05, 0) is 85.4 Å². The van der Waals surface area contributed by atoms with Gasteiger partial charge in [0.25, 0.3) is 0 Å². The van der Waals surface area contributed by atoms with Crippen molar-refractivity contribution < 1.29 is 47.9 Å². The van der Waals surface area contributed by atoms with Crippen LogP contribution in [0.3, 0.4) is 0 Å². The van der Waals surface area contributed by atoms with Crippen molar-refractivity contribution in [1.82, 2.24) is 29.7 Å². The molecule has 1 unspecified atom stereocenters. The van der Waals surface area contributed by atoms with Crippen molar-refractivity contribution in [3.63, 3.8) is 0 Å². The highest BCUT2D eigenvalue weighted by Gasteiger charge is 2.29. The molecule has 1 aliphatic rings. The average molecular weight is 891 g/mol. The van der Waals surface area contributed by atoms with Gasteiger partial charge in [-0.15, -0.1) is 0 Å². The quantitative estimate of drug-likeness (QED) is 0.0836. The first-order chi connectivity index (χ1) is 31.1. The molecular formula is C47H44ClFN6O9. The highest BCUT2D eigenvalue weighted by molar-refractivity contribution is 6.32. The number of aliphatic hydroxyl groups is 1. The van der Waals surface area contributed by atoms with Crippen molar-refractivity contribution in [2.75, 3.05) is 53.5 Å². The van der Waals surface area contributed by atoms with Crippen LogP contribution in [0, 0.1) is 5.82 Å². The van der Waals surface area contributed by atoms with Gasteiger partial charge in [-0.2, -0.15) is 0 Å². The largest absolute Gasteiger partial charge is 0.508 e. The minimum atomic E-state index is -1.56. The molecule has 15 nitrogen and oxygen atoms in total. The van der Waals surface area contributed by atoms with E-state index >= 15 is 0 Å². The van der Waals surface area contributed by atoms with E-state index in [1.54, 1.807) is 37.6 Å². The summed E-state index contributed by atoms with van der Waals surface area (Å²) in [5.41, 5.74) is 3.00. The van der Waals surface area contributed by atoms with Crippen LogP contribution in [0.25, 0.3) is 44.9 Å². The van der Waals surface area contributed by atoms with Crippen LogP contribution in [0.2, 0.25) is 5.02 Å². The summed E-state index contributed by atoms with van der Waals surface area (Å²) in [6, 6.07) is 24.1. The summed E-state index contributed by atoms with van der Waals surface area (Å²) in [6.45, 7) is 3.79. The minimum Gasteiger partial charge on any atom is -0.508 e. The number of carboxylic acids is 1. The number of phenols is 1. The van der Waals surface area contributed by atoms with Crippen LogP contribution in [-0.4, -0.2) is 117 Å². The fourth-order valence-corrected chi connectivity index (χ4v) is 7.65. The van der Waals surface area contributed by atoms with Gasteiger partial charge in [-0.25, -0.2) is 29.1 Å². The number of para-hydroxylation sites is 1. The average Bonchev–Trinajstić information content (AvgIpc) is 3.70. The number of aliphatic carboxylic acids is 1. The smallest absolute Gasteiger partial charge is 0.345 e. The maximum atomic E-state index is 14.2. The van der Waals surface area contributed by atoms with Gasteiger partial charge in [0.1, 0.15) is 59.0 Å². The lowest BCUT2D eigenvalue weighted by atomic mass is 9.99. The molecule has 0 amide bonds. The van der Waals surface area contributed by atoms with E-state index in [2.05, 4.69) is 36.8 Å². The second-order valence-electron chi connectivity index (χ2n) is 15.1. The first kappa shape index (κ1) is 43.8. The van der Waals surface area contributed by atoms with Crippen LogP contribution in [0.15, 0.2) is 108 Å². The third-order valence-electron chi connectivity index (χ3n) is 10.8. The molecule has 2 atom stereocenters. The number of phenolic OH excluding ortho intramolecular Hbond substituents is 1. The Balaban J connectivity index is 1.09. The van der Waals surface area contributed by atoms with E-state index in [0.29, 0.717) is 57.4 Å². The van der Waals surface area contributed by atoms with Gasteiger partial charge < -0.3 is 43.6 Å². The van der Waals surface area contributed by atoms with Crippen LogP contribution < -0.4 is 18.9 Å². The van der Waals surface area contributed by atoms with Gasteiger partial charge >= 0.3 is 5.97 Å². The fraction of sp³-hybridized carbons (Fsp3) is 0.255. The number of hydrogen-bond donors (Lipinski definition) is 3. The summed E-state index contributed by atoms with van der Waals surface area (Å²) in [5.74, 6) is -0.110. The van der Waals surface area contributed by atoms with E-state index in [1.165, 1.54) is 48.8 Å². The molecule has 330 valence electrons. The third kappa shape index (κ3) is 10.0. The minimum absolute atomic E-state index is 0.0125. The number of aromatic hydroxyl groups is 1. The molecular weight excluding hydrogens is 847 g/mol. The Hall–Kier alpha value is -6.85. The Morgan fingerprint density at radius 3 is 2.42 bits per heavy atom. The number of fused-ring (bicyclic) bond motifs is 1. The van der Waals surface area contributed by atoms with E-state index in [4.69, 9.17) is 35.0 Å². The van der Waals surface area contributed by atoms with Gasteiger partial charge in [-0.3, -0.25) is 4.90 Å². The third-order valence-corrected chi connectivity index (χ3v) is 11.0. The number of aliphatic hydroxyl groups excluding tert-OH is 1. The number of carboxylic acid groups (broad SMARTS) is 1. The summed E-state index contributed by atoms with van der Waals surface area (Å²) < 4.78 is 44.6. The number of methoxy groups -OCH3 is 1. The number of halogens is 2. The Morgan fingerprint density at radius 2 is 1.67 bits per heavy atom. The zero-order chi connectivity index (χ0) is 44.7. The van der Waals surface area contributed by atoms with Crippen molar-refractivity contribution in [1.29, 1.82) is 0 Å². The molecule has 17 heteroatoms. The SMILES string of the molecule is COc1ccccc1-c1nccc(COc2ccc(O)cc2CC(Oc2ncnc3oc(-c4ccc(F)cc4)c(-c4ccc(O[C@H](CO)CN5CCN(C)CC5)c(Cl)c4)c23)C(=O)O)n1. The zero-order valence-corrected chi connectivity index (χ0v) is 35.6. The first-order valence-corrected chi connectivity index (χ1v) is 20.8. The lowest BCUT2D eigenvalue weighted by molar-refractivity contribution is -0.145. The van der Waals surface area contributed by atoms with Crippen LogP contribution in [-0.2, 0) is 17.8 Å². The van der Waals surface area contributed by atoms with Gasteiger partial charge in [0.15, 0.2) is 5.82 Å². The molecule has 1 fully saturated rings. The van der Waals surface area contributed by atoms with Crippen molar-refractivity contribution in [3.8, 4) is 62.7 Å². The van der Waals surface area contributed by atoms with E-state index < -0.39 is 24.0 Å². The number of carbonyl (C=O) groups is 1. The Bertz CT molecular complexity index is 2750. The van der Waals surface area contributed by atoms with Crippen molar-refractivity contribution >= 4 is 28.7 Å². The first-order valence-electron chi connectivity index (χ1n) is 20.4. The second-order valence-corrected chi connectivity index (χ2v) is 15.6. The van der Waals surface area contributed by atoms with E-state index in [9.17, 15) is 24.5 Å². The number of nitrogens with zero attached hydrogens (tertiary/aromatic N) is 6. The Morgan fingerprint density at radius 1 is 0.906 bits per heavy atom. The van der Waals surface area contributed by atoms with Gasteiger partial charge in [0, 0.05) is 62.0 Å². The number of rotatable bonds is 17. The molecule has 4 heterocycles. The summed E-state index contributed by atoms with van der Waals surface area (Å²) in [7, 11) is 3.64. The topological polar surface area (TPSA) is 186 Å². The normalized spacial score (nSPS) is 14.3. The van der Waals surface area contributed by atoms with Crippen molar-refractivity contribution in [2.24, 2.45) is 0 Å². The molecule has 0 bridgehead atoms. The van der Waals surface area contributed by atoms with Crippen molar-refractivity contribution in [3.05, 3.63) is 126 Å². The molecule has 4 aromatic carbocycles. The lowest BCUT2D eigenvalue weighted by Crippen LogP contribution is -2.48. The monoisotopic (exact) mass is 890 g/mol. The highest BCUT2D eigenvalue weighted by Crippen LogP contribution is 2.45. The number of ether oxygens (including phenoxy) is 4. The standard InChI is InChI=1S/C47H44ClFN6O9/c1-54-17-19-55(20-18-54)24-34(25-56)62-39-13-9-29(22-36(39)48)41-42-45(51-27-52-46(42)64-43(41)28-7-10-31(49)11-8-28)63-40(47(58)59)23-30-21-33(57)12-14-37(30)61-26-32-15-16-50-44(53-32)35-5-3-4-6-38(35)60-2/h3-16,21-22,27,34,40,56-57H,17-20,23-26H2,1-2H3,(H,58,59)/t34-,40?/m0/s1. The maximum Gasteiger partial charge on any atom is 0.345 e. The van der Waals surface area contributed by atoms with E-state index in [0.717, 1.165) is 26.2 Å². The number of aromatic nitrogens is 4. The second kappa shape index (κ2) is 19.7. The van der Waals surface area contributed by atoms with Crippen LogP contribution >= 0.6 is 11.6 Å².